The largest absolute Gasteiger partial charge is 0.497 e. The summed E-state index contributed by atoms with van der Waals surface area (Å²) in [6, 6.07) is 15.2. The fourth-order valence-corrected chi connectivity index (χ4v) is 3.33. The van der Waals surface area contributed by atoms with Gasteiger partial charge in [-0.3, -0.25) is 14.2 Å². The molecule has 0 aliphatic heterocycles. The van der Waals surface area contributed by atoms with Gasteiger partial charge in [0.2, 0.25) is 0 Å². The van der Waals surface area contributed by atoms with Gasteiger partial charge in [0.1, 0.15) is 11.5 Å². The number of methoxy groups -OCH3 is 2. The molecule has 4 aromatic rings. The highest BCUT2D eigenvalue weighted by Crippen LogP contribution is 2.24. The summed E-state index contributed by atoms with van der Waals surface area (Å²) >= 11 is 0. The average molecular weight is 432 g/mol. The van der Waals surface area contributed by atoms with Crippen LogP contribution in [0.1, 0.15) is 10.4 Å². The molecule has 0 aliphatic carbocycles. The first-order valence-corrected chi connectivity index (χ1v) is 9.65. The van der Waals surface area contributed by atoms with Crippen LogP contribution in [0.25, 0.3) is 16.7 Å². The molecule has 2 aromatic carbocycles. The summed E-state index contributed by atoms with van der Waals surface area (Å²) in [6.07, 6.45) is 1.33. The topological polar surface area (TPSA) is 104 Å². The maximum atomic E-state index is 12.9. The van der Waals surface area contributed by atoms with E-state index in [9.17, 15) is 14.4 Å². The Morgan fingerprint density at radius 2 is 1.72 bits per heavy atom. The number of rotatable bonds is 5. The summed E-state index contributed by atoms with van der Waals surface area (Å²) < 4.78 is 12.7. The zero-order chi connectivity index (χ0) is 22.8. The highest BCUT2D eigenvalue weighted by Gasteiger charge is 2.17. The minimum atomic E-state index is -0.550. The lowest BCUT2D eigenvalue weighted by atomic mass is 10.2. The quantitative estimate of drug-likeness (QED) is 0.519. The van der Waals surface area contributed by atoms with E-state index in [1.165, 1.54) is 31.0 Å². The molecule has 1 amide bonds. The van der Waals surface area contributed by atoms with E-state index in [-0.39, 0.29) is 16.6 Å². The minimum absolute atomic E-state index is 0.135. The molecule has 0 saturated carbocycles. The standard InChI is InChI=1S/C23H20N4O5/c1-26-22(29)17-12-14(21(28)25-18-6-4-5-7-19(18)32-3)13-24-20(17)27(23(26)30)15-8-10-16(31-2)11-9-15/h4-13H,1-3H3,(H,25,28). The number of hydrogen-bond donors (Lipinski definition) is 1. The van der Waals surface area contributed by atoms with E-state index in [0.29, 0.717) is 22.9 Å². The molecule has 2 aromatic heterocycles. The number of pyridine rings is 1. The highest BCUT2D eigenvalue weighted by atomic mass is 16.5. The number of amides is 1. The van der Waals surface area contributed by atoms with Crippen LogP contribution >= 0.6 is 0 Å². The lowest BCUT2D eigenvalue weighted by Crippen LogP contribution is -2.38. The summed E-state index contributed by atoms with van der Waals surface area (Å²) in [6.45, 7) is 0. The van der Waals surface area contributed by atoms with Gasteiger partial charge < -0.3 is 14.8 Å². The zero-order valence-corrected chi connectivity index (χ0v) is 17.7. The van der Waals surface area contributed by atoms with Gasteiger partial charge >= 0.3 is 5.69 Å². The van der Waals surface area contributed by atoms with Crippen LogP contribution in [0.3, 0.4) is 0 Å². The lowest BCUT2D eigenvalue weighted by Gasteiger charge is -2.13. The highest BCUT2D eigenvalue weighted by molar-refractivity contribution is 6.06. The molecule has 0 aliphatic rings. The van der Waals surface area contributed by atoms with E-state index < -0.39 is 17.2 Å². The summed E-state index contributed by atoms with van der Waals surface area (Å²) in [5.74, 6) is 0.659. The molecular formula is C23H20N4O5. The number of nitrogens with zero attached hydrogens (tertiary/aromatic N) is 3. The van der Waals surface area contributed by atoms with E-state index in [4.69, 9.17) is 9.47 Å². The number of ether oxygens (including phenoxy) is 2. The second kappa shape index (κ2) is 8.38. The van der Waals surface area contributed by atoms with E-state index in [0.717, 1.165) is 4.57 Å². The van der Waals surface area contributed by atoms with Crippen LogP contribution in [-0.2, 0) is 7.05 Å². The molecule has 9 heteroatoms. The van der Waals surface area contributed by atoms with Crippen molar-refractivity contribution >= 4 is 22.6 Å². The molecule has 4 rings (SSSR count). The van der Waals surface area contributed by atoms with Crippen molar-refractivity contribution < 1.29 is 14.3 Å². The molecule has 0 saturated heterocycles. The van der Waals surface area contributed by atoms with E-state index in [1.807, 2.05) is 0 Å². The second-order valence-electron chi connectivity index (χ2n) is 6.93. The van der Waals surface area contributed by atoms with Crippen molar-refractivity contribution in [3.8, 4) is 17.2 Å². The Kier molecular flexibility index (Phi) is 5.46. The van der Waals surface area contributed by atoms with Crippen molar-refractivity contribution in [1.29, 1.82) is 0 Å². The molecule has 0 fully saturated rings. The molecule has 32 heavy (non-hydrogen) atoms. The molecule has 0 radical (unpaired) electrons. The van der Waals surface area contributed by atoms with Crippen molar-refractivity contribution in [2.75, 3.05) is 19.5 Å². The first kappa shape index (κ1) is 20.9. The van der Waals surface area contributed by atoms with Crippen molar-refractivity contribution in [1.82, 2.24) is 14.1 Å². The monoisotopic (exact) mass is 432 g/mol. The van der Waals surface area contributed by atoms with Crippen molar-refractivity contribution in [2.45, 2.75) is 0 Å². The van der Waals surface area contributed by atoms with Gasteiger partial charge in [-0.1, -0.05) is 12.1 Å². The smallest absolute Gasteiger partial charge is 0.337 e. The SMILES string of the molecule is COc1ccc(-n2c(=O)n(C)c(=O)c3cc(C(=O)Nc4ccccc4OC)cnc32)cc1. The Morgan fingerprint density at radius 3 is 2.41 bits per heavy atom. The third-order valence-electron chi connectivity index (χ3n) is 5.04. The molecule has 0 spiro atoms. The fraction of sp³-hybridized carbons (Fsp3) is 0.130. The summed E-state index contributed by atoms with van der Waals surface area (Å²) in [7, 11) is 4.43. The number of carbonyl (C=O) groups excluding carboxylic acids is 1. The van der Waals surface area contributed by atoms with Gasteiger partial charge in [-0.25, -0.2) is 14.3 Å². The number of para-hydroxylation sites is 2. The Balaban J connectivity index is 1.83. The molecule has 162 valence electrons. The van der Waals surface area contributed by atoms with Gasteiger partial charge in [0.25, 0.3) is 11.5 Å². The molecule has 0 unspecified atom stereocenters. The van der Waals surface area contributed by atoms with Crippen LogP contribution in [0.4, 0.5) is 5.69 Å². The summed E-state index contributed by atoms with van der Waals surface area (Å²) in [4.78, 5) is 42.8. The third-order valence-corrected chi connectivity index (χ3v) is 5.04. The van der Waals surface area contributed by atoms with Gasteiger partial charge in [0.05, 0.1) is 36.5 Å². The van der Waals surface area contributed by atoms with Crippen molar-refractivity contribution in [2.24, 2.45) is 7.05 Å². The number of fused-ring (bicyclic) bond motifs is 1. The Bertz CT molecular complexity index is 1440. The van der Waals surface area contributed by atoms with Crippen LogP contribution in [0.2, 0.25) is 0 Å². The van der Waals surface area contributed by atoms with Crippen LogP contribution in [0.5, 0.6) is 11.5 Å². The van der Waals surface area contributed by atoms with Crippen LogP contribution in [0, 0.1) is 0 Å². The van der Waals surface area contributed by atoms with E-state index in [2.05, 4.69) is 10.3 Å². The Hall–Kier alpha value is -4.40. The van der Waals surface area contributed by atoms with Crippen LogP contribution < -0.4 is 26.0 Å². The summed E-state index contributed by atoms with van der Waals surface area (Å²) in [5.41, 5.74) is 0.212. The molecular weight excluding hydrogens is 412 g/mol. The van der Waals surface area contributed by atoms with Crippen molar-refractivity contribution in [3.05, 3.63) is 87.2 Å². The lowest BCUT2D eigenvalue weighted by molar-refractivity contribution is 0.102. The van der Waals surface area contributed by atoms with E-state index >= 15 is 0 Å². The third kappa shape index (κ3) is 3.60. The summed E-state index contributed by atoms with van der Waals surface area (Å²) in [5, 5.41) is 2.89. The molecule has 2 heterocycles. The first-order valence-electron chi connectivity index (χ1n) is 9.65. The molecule has 0 bridgehead atoms. The fourth-order valence-electron chi connectivity index (χ4n) is 3.33. The maximum Gasteiger partial charge on any atom is 0.337 e. The number of nitrogens with one attached hydrogen (secondary N) is 1. The molecule has 1 N–H and O–H groups in total. The minimum Gasteiger partial charge on any atom is -0.497 e. The molecule has 0 atom stereocenters. The molecule has 9 nitrogen and oxygen atoms in total. The Labute approximate surface area is 182 Å². The second-order valence-corrected chi connectivity index (χ2v) is 6.93. The van der Waals surface area contributed by atoms with Gasteiger partial charge in [0, 0.05) is 13.2 Å². The average Bonchev–Trinajstić information content (AvgIpc) is 2.83. The van der Waals surface area contributed by atoms with E-state index in [1.54, 1.807) is 55.6 Å². The maximum absolute atomic E-state index is 12.9. The van der Waals surface area contributed by atoms with Gasteiger partial charge in [-0.05, 0) is 42.5 Å². The number of hydrogen-bond acceptors (Lipinski definition) is 6. The first-order chi connectivity index (χ1) is 15.4. The van der Waals surface area contributed by atoms with Crippen molar-refractivity contribution in [3.63, 3.8) is 0 Å². The number of aromatic nitrogens is 3. The van der Waals surface area contributed by atoms with Gasteiger partial charge in [-0.2, -0.15) is 0 Å². The van der Waals surface area contributed by atoms with Gasteiger partial charge in [-0.15, -0.1) is 0 Å². The normalized spacial score (nSPS) is 10.7. The Morgan fingerprint density at radius 1 is 1.00 bits per heavy atom. The van der Waals surface area contributed by atoms with Gasteiger partial charge in [0.15, 0.2) is 5.65 Å². The van der Waals surface area contributed by atoms with Crippen LogP contribution in [0.15, 0.2) is 70.4 Å². The number of anilines is 1. The van der Waals surface area contributed by atoms with Crippen LogP contribution in [-0.4, -0.2) is 34.2 Å². The number of carbonyl (C=O) groups is 1. The zero-order valence-electron chi connectivity index (χ0n) is 17.7. The predicted molar refractivity (Wildman–Crippen MR) is 120 cm³/mol. The number of benzene rings is 2. The predicted octanol–water partition coefficient (Wildman–Crippen LogP) is 2.35.